The molecule has 3 fully saturated rings. The zero-order chi connectivity index (χ0) is 32.5. The second kappa shape index (κ2) is 10.9. The molecule has 2 aliphatic carbocycles. The molecule has 3 aromatic rings. The first-order chi connectivity index (χ1) is 22.0. The maximum atomic E-state index is 14.1. The number of carbonyl (C=O) groups excluding carboxylic acids is 4. The first-order valence-corrected chi connectivity index (χ1v) is 15.8. The molecule has 46 heavy (non-hydrogen) atoms. The number of anilines is 1. The van der Waals surface area contributed by atoms with Gasteiger partial charge in [0.2, 0.25) is 11.8 Å². The van der Waals surface area contributed by atoms with Crippen LogP contribution in [0.15, 0.2) is 91.0 Å². The van der Waals surface area contributed by atoms with Crippen molar-refractivity contribution in [2.45, 2.75) is 35.1 Å². The highest BCUT2D eigenvalue weighted by atomic mass is 35.5. The van der Waals surface area contributed by atoms with Crippen molar-refractivity contribution in [3.8, 4) is 11.5 Å². The Balaban J connectivity index is 1.30. The molecule has 2 aliphatic heterocycles. The van der Waals surface area contributed by atoms with Crippen LogP contribution in [0.2, 0.25) is 0 Å². The van der Waals surface area contributed by atoms with Crippen LogP contribution in [-0.2, 0) is 25.8 Å². The summed E-state index contributed by atoms with van der Waals surface area (Å²) in [5, 5.41) is 11.4. The van der Waals surface area contributed by atoms with Gasteiger partial charge in [-0.3, -0.25) is 29.0 Å². The summed E-state index contributed by atoms with van der Waals surface area (Å²) in [7, 11) is 1.33. The van der Waals surface area contributed by atoms with Crippen LogP contribution in [-0.4, -0.2) is 50.4 Å². The topological polar surface area (TPSA) is 104 Å². The number of carbonyl (C=O) groups is 4. The van der Waals surface area contributed by atoms with Gasteiger partial charge in [0.1, 0.15) is 18.1 Å². The van der Waals surface area contributed by atoms with E-state index in [1.54, 1.807) is 42.5 Å². The second-order valence-corrected chi connectivity index (χ2v) is 13.5. The van der Waals surface area contributed by atoms with Gasteiger partial charge in [-0.25, -0.2) is 0 Å². The monoisotopic (exact) mass is 656 g/mol. The van der Waals surface area contributed by atoms with Gasteiger partial charge in [-0.2, -0.15) is 0 Å². The fourth-order valence-corrected chi connectivity index (χ4v) is 8.71. The van der Waals surface area contributed by atoms with Gasteiger partial charge in [0.25, 0.3) is 11.8 Å². The van der Waals surface area contributed by atoms with Gasteiger partial charge in [0.15, 0.2) is 9.75 Å². The second-order valence-electron chi connectivity index (χ2n) is 12.3. The molecule has 3 aromatic carbocycles. The van der Waals surface area contributed by atoms with Gasteiger partial charge >= 0.3 is 0 Å². The number of likely N-dealkylation sites (tertiary alicyclic amines) is 1. The molecule has 0 aromatic heterocycles. The molecule has 1 N–H and O–H groups in total. The highest BCUT2D eigenvalue weighted by molar-refractivity contribution is 6.53. The lowest BCUT2D eigenvalue weighted by atomic mass is 9.56. The minimum atomic E-state index is -1.99. The van der Waals surface area contributed by atoms with Crippen LogP contribution in [0, 0.1) is 17.8 Å². The summed E-state index contributed by atoms with van der Waals surface area (Å²) >= 11 is 14.5. The number of halogens is 2. The number of amides is 4. The van der Waals surface area contributed by atoms with Gasteiger partial charge in [-0.05, 0) is 48.1 Å². The van der Waals surface area contributed by atoms with Crippen molar-refractivity contribution in [1.29, 1.82) is 0 Å². The molecule has 0 bridgehead atoms. The molecule has 8 nitrogen and oxygen atoms in total. The van der Waals surface area contributed by atoms with Gasteiger partial charge < -0.3 is 9.84 Å². The third-order valence-corrected chi connectivity index (χ3v) is 11.4. The molecule has 2 heterocycles. The van der Waals surface area contributed by atoms with Gasteiger partial charge in [0.05, 0.1) is 17.5 Å². The van der Waals surface area contributed by atoms with Crippen molar-refractivity contribution in [1.82, 2.24) is 4.90 Å². The lowest BCUT2D eigenvalue weighted by molar-refractivity contribution is -0.138. The van der Waals surface area contributed by atoms with Crippen molar-refractivity contribution in [3.05, 3.63) is 108 Å². The molecule has 4 amide bonds. The third-order valence-electron chi connectivity index (χ3n) is 9.96. The van der Waals surface area contributed by atoms with E-state index in [1.165, 1.54) is 18.0 Å². The first-order valence-electron chi connectivity index (χ1n) is 15.0. The zero-order valence-corrected chi connectivity index (χ0v) is 26.4. The molecule has 1 saturated carbocycles. The molecule has 0 spiro atoms. The van der Waals surface area contributed by atoms with Crippen LogP contribution in [0.4, 0.5) is 5.69 Å². The van der Waals surface area contributed by atoms with Crippen molar-refractivity contribution < 1.29 is 29.0 Å². The summed E-state index contributed by atoms with van der Waals surface area (Å²) < 4.78 is 5.90. The SMILES string of the molecule is C=Cc1ccc(N2C(=O)[C@H]3[C@H](CC=C4[C@H]3C[C@@]3(Cl)C(=O)N(C)C(=O)[C@@]3(Cl)[C@H]4c3ccc(OCc4ccccc4)cc3O)C2=O)cc1. The number of alkyl halides is 2. The number of allylic oxidation sites excluding steroid dienone is 2. The Morgan fingerprint density at radius 3 is 2.35 bits per heavy atom. The number of benzene rings is 3. The van der Waals surface area contributed by atoms with Crippen molar-refractivity contribution in [3.63, 3.8) is 0 Å². The predicted octanol–water partition coefficient (Wildman–Crippen LogP) is 5.81. The summed E-state index contributed by atoms with van der Waals surface area (Å²) in [6.45, 7) is 4.02. The average molecular weight is 658 g/mol. The highest BCUT2D eigenvalue weighted by Gasteiger charge is 2.76. The Morgan fingerprint density at radius 1 is 0.957 bits per heavy atom. The molecule has 234 valence electrons. The van der Waals surface area contributed by atoms with E-state index in [2.05, 4.69) is 6.58 Å². The van der Waals surface area contributed by atoms with E-state index >= 15 is 0 Å². The van der Waals surface area contributed by atoms with Crippen molar-refractivity contribution in [2.24, 2.45) is 17.8 Å². The lowest BCUT2D eigenvalue weighted by Crippen LogP contribution is -2.60. The fourth-order valence-electron chi connectivity index (χ4n) is 7.70. The number of aromatic hydroxyl groups is 1. The average Bonchev–Trinajstić information content (AvgIpc) is 3.39. The number of hydrogen-bond acceptors (Lipinski definition) is 6. The van der Waals surface area contributed by atoms with E-state index in [1.807, 2.05) is 36.4 Å². The smallest absolute Gasteiger partial charge is 0.253 e. The lowest BCUT2D eigenvalue weighted by Gasteiger charge is -2.50. The van der Waals surface area contributed by atoms with E-state index in [-0.39, 0.29) is 36.7 Å². The van der Waals surface area contributed by atoms with Crippen molar-refractivity contribution >= 4 is 58.6 Å². The molecule has 2 saturated heterocycles. The Kier molecular flexibility index (Phi) is 7.14. The minimum Gasteiger partial charge on any atom is -0.508 e. The summed E-state index contributed by atoms with van der Waals surface area (Å²) in [6, 6.07) is 21.2. The van der Waals surface area contributed by atoms with E-state index in [9.17, 15) is 24.3 Å². The number of phenols is 1. The molecule has 4 aliphatic rings. The summed E-state index contributed by atoms with van der Waals surface area (Å²) in [5.74, 6) is -5.23. The highest BCUT2D eigenvalue weighted by Crippen LogP contribution is 2.66. The standard InChI is InChI=1S/C36H30Cl2N2O6/c1-3-20-9-11-22(12-10-20)40-31(42)26-16-15-24-27(29(26)32(40)43)18-35(37)33(44)39(2)34(45)36(35,38)30(24)25-14-13-23(17-28(25)41)46-19-21-7-5-4-6-8-21/h3-15,17,26-27,29-30,41H,1,16,18-19H2,2H3/t26-,27+,29-,30+,35+,36-/m0/s1. The number of phenolic OH excluding ortho intramolecular Hbond substituents is 1. The molecule has 6 atom stereocenters. The number of ether oxygens (including phenoxy) is 1. The first kappa shape index (κ1) is 30.3. The van der Waals surface area contributed by atoms with Crippen LogP contribution in [0.3, 0.4) is 0 Å². The van der Waals surface area contributed by atoms with Crippen LogP contribution in [0.1, 0.15) is 35.4 Å². The number of rotatable bonds is 6. The zero-order valence-electron chi connectivity index (χ0n) is 24.9. The van der Waals surface area contributed by atoms with E-state index in [0.717, 1.165) is 16.0 Å². The third kappa shape index (κ3) is 4.19. The van der Waals surface area contributed by atoms with E-state index in [0.29, 0.717) is 17.0 Å². The quantitative estimate of drug-likeness (QED) is 0.204. The molecule has 7 rings (SSSR count). The Hall–Kier alpha value is -4.40. The van der Waals surface area contributed by atoms with Crippen molar-refractivity contribution in [2.75, 3.05) is 11.9 Å². The minimum absolute atomic E-state index is 0.127. The van der Waals surface area contributed by atoms with Crippen LogP contribution >= 0.6 is 23.2 Å². The number of hydrogen-bond donors (Lipinski definition) is 1. The molecule has 0 radical (unpaired) electrons. The maximum absolute atomic E-state index is 14.1. The van der Waals surface area contributed by atoms with E-state index in [4.69, 9.17) is 27.9 Å². The molecule has 10 heteroatoms. The molecule has 0 unspecified atom stereocenters. The number of nitrogens with zero attached hydrogens (tertiary/aromatic N) is 2. The largest absolute Gasteiger partial charge is 0.508 e. The molecular weight excluding hydrogens is 627 g/mol. The van der Waals surface area contributed by atoms with Gasteiger partial charge in [0, 0.05) is 24.6 Å². The van der Waals surface area contributed by atoms with Crippen LogP contribution in [0.5, 0.6) is 11.5 Å². The molecular formula is C36H30Cl2N2O6. The number of imide groups is 2. The van der Waals surface area contributed by atoms with Crippen LogP contribution < -0.4 is 9.64 Å². The van der Waals surface area contributed by atoms with Gasteiger partial charge in [-0.15, -0.1) is 23.2 Å². The summed E-state index contributed by atoms with van der Waals surface area (Å²) in [5.41, 5.74) is 3.08. The predicted molar refractivity (Wildman–Crippen MR) is 173 cm³/mol. The maximum Gasteiger partial charge on any atom is 0.253 e. The normalized spacial score (nSPS) is 30.1. The Labute approximate surface area is 275 Å². The summed E-state index contributed by atoms with van der Waals surface area (Å²) in [6.07, 6.45) is 3.60. The Bertz CT molecular complexity index is 1840. The fraction of sp³-hybridized carbons (Fsp3) is 0.278. The van der Waals surface area contributed by atoms with Gasteiger partial charge in [-0.1, -0.05) is 72.8 Å². The van der Waals surface area contributed by atoms with E-state index < -0.39 is 51.1 Å². The Morgan fingerprint density at radius 2 is 1.67 bits per heavy atom. The summed E-state index contributed by atoms with van der Waals surface area (Å²) in [4.78, 5) is 53.6. The van der Waals surface area contributed by atoms with Crippen LogP contribution in [0.25, 0.3) is 6.08 Å². The number of fused-ring (bicyclic) bond motifs is 4.